The Morgan fingerprint density at radius 3 is 2.36 bits per heavy atom. The third-order valence-corrected chi connectivity index (χ3v) is 2.43. The van der Waals surface area contributed by atoms with Gasteiger partial charge in [-0.25, -0.2) is 0 Å². The van der Waals surface area contributed by atoms with Crippen LogP contribution in [0.15, 0.2) is 0 Å². The number of hydrogen-bond acceptors (Lipinski definition) is 1. The van der Waals surface area contributed by atoms with E-state index in [9.17, 15) is 4.79 Å². The first-order valence-electron chi connectivity index (χ1n) is 4.23. The van der Waals surface area contributed by atoms with Gasteiger partial charge in [-0.1, -0.05) is 0 Å². The highest BCUT2D eigenvalue weighted by atomic mass is 16.4. The van der Waals surface area contributed by atoms with E-state index < -0.39 is 5.97 Å². The van der Waals surface area contributed by atoms with Crippen LogP contribution in [0.4, 0.5) is 0 Å². The number of quaternary nitrogens is 1. The maximum atomic E-state index is 10.3. The van der Waals surface area contributed by atoms with Crippen molar-refractivity contribution in [2.75, 3.05) is 0 Å². The molecule has 0 aromatic heterocycles. The monoisotopic (exact) mass is 158 g/mol. The van der Waals surface area contributed by atoms with Crippen LogP contribution in [-0.4, -0.2) is 17.1 Å². The zero-order valence-corrected chi connectivity index (χ0v) is 6.75. The number of rotatable bonds is 2. The molecule has 64 valence electrons. The highest BCUT2D eigenvalue weighted by Crippen LogP contribution is 2.24. The van der Waals surface area contributed by atoms with Gasteiger partial charge in [-0.2, -0.15) is 0 Å². The standard InChI is InChI=1S/C8H15NO2/c9-7-3-1-6(2-4-7)5-8(10)11/h6-7H,1-5,9H2,(H,10,11)/p+1. The molecular formula is C8H16NO2+. The second kappa shape index (κ2) is 3.72. The molecule has 0 atom stereocenters. The minimum Gasteiger partial charge on any atom is -0.481 e. The molecule has 0 heterocycles. The van der Waals surface area contributed by atoms with Crippen LogP contribution in [-0.2, 0) is 4.79 Å². The summed E-state index contributed by atoms with van der Waals surface area (Å²) in [4.78, 5) is 10.3. The Kier molecular flexibility index (Phi) is 2.88. The Morgan fingerprint density at radius 1 is 1.36 bits per heavy atom. The summed E-state index contributed by atoms with van der Waals surface area (Å²) < 4.78 is 0. The summed E-state index contributed by atoms with van der Waals surface area (Å²) in [6.07, 6.45) is 4.68. The lowest BCUT2D eigenvalue weighted by molar-refractivity contribution is -0.426. The van der Waals surface area contributed by atoms with Crippen LogP contribution < -0.4 is 5.73 Å². The van der Waals surface area contributed by atoms with Crippen molar-refractivity contribution in [1.29, 1.82) is 0 Å². The van der Waals surface area contributed by atoms with E-state index >= 15 is 0 Å². The fourth-order valence-corrected chi connectivity index (χ4v) is 1.68. The SMILES string of the molecule is [NH3+]C1CCC(CC(=O)O)CC1. The van der Waals surface area contributed by atoms with Crippen molar-refractivity contribution in [3.8, 4) is 0 Å². The van der Waals surface area contributed by atoms with E-state index in [1.165, 1.54) is 0 Å². The topological polar surface area (TPSA) is 64.9 Å². The van der Waals surface area contributed by atoms with Gasteiger partial charge in [-0.05, 0) is 31.6 Å². The largest absolute Gasteiger partial charge is 0.481 e. The molecule has 3 heteroatoms. The lowest BCUT2D eigenvalue weighted by Crippen LogP contribution is -2.61. The highest BCUT2D eigenvalue weighted by molar-refractivity contribution is 5.67. The lowest BCUT2D eigenvalue weighted by Gasteiger charge is -2.22. The molecule has 1 aliphatic carbocycles. The number of carboxylic acids is 1. The summed E-state index contributed by atoms with van der Waals surface area (Å²) in [5.74, 6) is -0.233. The third kappa shape index (κ3) is 2.89. The van der Waals surface area contributed by atoms with Crippen LogP contribution >= 0.6 is 0 Å². The second-order valence-electron chi connectivity index (χ2n) is 3.48. The molecule has 0 bridgehead atoms. The molecule has 0 aliphatic heterocycles. The number of carbonyl (C=O) groups is 1. The molecule has 1 rings (SSSR count). The Hall–Kier alpha value is -0.570. The molecule has 1 aliphatic rings. The molecule has 4 N–H and O–H groups in total. The van der Waals surface area contributed by atoms with Crippen molar-refractivity contribution in [2.24, 2.45) is 5.92 Å². The number of aliphatic carboxylic acids is 1. The first kappa shape index (κ1) is 8.53. The predicted octanol–water partition coefficient (Wildman–Crippen LogP) is 0.262. The van der Waals surface area contributed by atoms with Crippen LogP contribution in [0.1, 0.15) is 32.1 Å². The van der Waals surface area contributed by atoms with E-state index in [-0.39, 0.29) is 0 Å². The molecule has 1 fully saturated rings. The average Bonchev–Trinajstić information content (AvgIpc) is 1.93. The van der Waals surface area contributed by atoms with Gasteiger partial charge in [0.05, 0.1) is 6.04 Å². The van der Waals surface area contributed by atoms with Crippen LogP contribution in [0.3, 0.4) is 0 Å². The fraction of sp³-hybridized carbons (Fsp3) is 0.875. The van der Waals surface area contributed by atoms with E-state index in [0.717, 1.165) is 25.7 Å². The zero-order valence-electron chi connectivity index (χ0n) is 6.75. The normalized spacial score (nSPS) is 31.7. The van der Waals surface area contributed by atoms with E-state index in [2.05, 4.69) is 5.73 Å². The number of carboxylic acid groups (broad SMARTS) is 1. The third-order valence-electron chi connectivity index (χ3n) is 2.43. The summed E-state index contributed by atoms with van der Waals surface area (Å²) in [6.45, 7) is 0. The first-order chi connectivity index (χ1) is 5.18. The molecule has 0 spiro atoms. The molecule has 0 radical (unpaired) electrons. The summed E-state index contributed by atoms with van der Waals surface area (Å²) in [5, 5.41) is 8.52. The van der Waals surface area contributed by atoms with E-state index in [4.69, 9.17) is 5.11 Å². The maximum absolute atomic E-state index is 10.3. The summed E-state index contributed by atoms with van der Waals surface area (Å²) in [5.41, 5.74) is 3.96. The molecular weight excluding hydrogens is 142 g/mol. The second-order valence-corrected chi connectivity index (χ2v) is 3.48. The summed E-state index contributed by atoms with van der Waals surface area (Å²) in [7, 11) is 0. The van der Waals surface area contributed by atoms with Crippen molar-refractivity contribution < 1.29 is 15.6 Å². The van der Waals surface area contributed by atoms with Crippen molar-refractivity contribution >= 4 is 5.97 Å². The van der Waals surface area contributed by atoms with Gasteiger partial charge in [0.15, 0.2) is 0 Å². The quantitative estimate of drug-likeness (QED) is 0.605. The van der Waals surface area contributed by atoms with Gasteiger partial charge in [-0.15, -0.1) is 0 Å². The smallest absolute Gasteiger partial charge is 0.303 e. The average molecular weight is 158 g/mol. The summed E-state index contributed by atoms with van der Waals surface area (Å²) in [6, 6.07) is 0.569. The predicted molar refractivity (Wildman–Crippen MR) is 40.9 cm³/mol. The maximum Gasteiger partial charge on any atom is 0.303 e. The van der Waals surface area contributed by atoms with Gasteiger partial charge in [0, 0.05) is 6.42 Å². The van der Waals surface area contributed by atoms with E-state index in [1.807, 2.05) is 0 Å². The Labute approximate surface area is 66.6 Å². The molecule has 0 aromatic carbocycles. The van der Waals surface area contributed by atoms with Crippen LogP contribution in [0, 0.1) is 5.92 Å². The van der Waals surface area contributed by atoms with Gasteiger partial charge >= 0.3 is 5.97 Å². The van der Waals surface area contributed by atoms with Gasteiger partial charge in [0.25, 0.3) is 0 Å². The summed E-state index contributed by atoms with van der Waals surface area (Å²) >= 11 is 0. The van der Waals surface area contributed by atoms with Crippen LogP contribution in [0.5, 0.6) is 0 Å². The first-order valence-corrected chi connectivity index (χ1v) is 4.23. The molecule has 0 amide bonds. The molecule has 0 unspecified atom stereocenters. The Morgan fingerprint density at radius 2 is 1.91 bits per heavy atom. The van der Waals surface area contributed by atoms with Gasteiger partial charge in [0.2, 0.25) is 0 Å². The highest BCUT2D eigenvalue weighted by Gasteiger charge is 2.22. The van der Waals surface area contributed by atoms with E-state index in [0.29, 0.717) is 18.4 Å². The molecule has 11 heavy (non-hydrogen) atoms. The lowest BCUT2D eigenvalue weighted by atomic mass is 9.84. The van der Waals surface area contributed by atoms with E-state index in [1.54, 1.807) is 0 Å². The van der Waals surface area contributed by atoms with Gasteiger partial charge < -0.3 is 10.8 Å². The van der Waals surface area contributed by atoms with Crippen molar-refractivity contribution in [2.45, 2.75) is 38.1 Å². The Balaban J connectivity index is 2.22. The molecule has 0 saturated heterocycles. The fourth-order valence-electron chi connectivity index (χ4n) is 1.68. The van der Waals surface area contributed by atoms with Crippen LogP contribution in [0.25, 0.3) is 0 Å². The molecule has 3 nitrogen and oxygen atoms in total. The van der Waals surface area contributed by atoms with Gasteiger partial charge in [-0.3, -0.25) is 4.79 Å². The molecule has 1 saturated carbocycles. The molecule has 0 aromatic rings. The van der Waals surface area contributed by atoms with Crippen molar-refractivity contribution in [3.63, 3.8) is 0 Å². The van der Waals surface area contributed by atoms with Crippen LogP contribution in [0.2, 0.25) is 0 Å². The minimum atomic E-state index is -0.655. The zero-order chi connectivity index (χ0) is 8.27. The minimum absolute atomic E-state index is 0.354. The Bertz CT molecular complexity index is 139. The van der Waals surface area contributed by atoms with Crippen molar-refractivity contribution in [1.82, 2.24) is 0 Å². The van der Waals surface area contributed by atoms with Crippen molar-refractivity contribution in [3.05, 3.63) is 0 Å². The number of hydrogen-bond donors (Lipinski definition) is 2. The van der Waals surface area contributed by atoms with Gasteiger partial charge in [0.1, 0.15) is 0 Å².